The van der Waals surface area contributed by atoms with Gasteiger partial charge in [-0.05, 0) is 78.3 Å². The lowest BCUT2D eigenvalue weighted by Gasteiger charge is -2.18. The van der Waals surface area contributed by atoms with E-state index in [4.69, 9.17) is 9.47 Å². The van der Waals surface area contributed by atoms with Gasteiger partial charge in [-0.15, -0.1) is 0 Å². The fourth-order valence-corrected chi connectivity index (χ4v) is 5.21. The number of H-pyrrole nitrogens is 1. The van der Waals surface area contributed by atoms with Gasteiger partial charge in [-0.1, -0.05) is 76.6 Å². The Morgan fingerprint density at radius 2 is 1.02 bits per heavy atom. The quantitative estimate of drug-likeness (QED) is 0.144. The molecule has 0 aliphatic rings. The van der Waals surface area contributed by atoms with Crippen LogP contribution in [-0.2, 0) is 0 Å². The summed E-state index contributed by atoms with van der Waals surface area (Å²) >= 11 is 3.48. The van der Waals surface area contributed by atoms with Crippen molar-refractivity contribution in [1.82, 2.24) is 20.8 Å². The van der Waals surface area contributed by atoms with Crippen molar-refractivity contribution in [3.8, 4) is 22.6 Å². The maximum Gasteiger partial charge on any atom is 0.118 e. The zero-order chi connectivity index (χ0) is 29.7. The van der Waals surface area contributed by atoms with Crippen LogP contribution >= 0.6 is 15.9 Å². The molecule has 3 N–H and O–H groups in total. The SMILES string of the molecule is CNCC(c1ccc(Br)cc1)c1ccc(OC)cc1.CNCC(c1ccc(OC)cc1)c1ccc(-c2cn[nH]c2)cc1. The van der Waals surface area contributed by atoms with Gasteiger partial charge in [0, 0.05) is 41.2 Å². The highest BCUT2D eigenvalue weighted by atomic mass is 79.9. The summed E-state index contributed by atoms with van der Waals surface area (Å²) in [4.78, 5) is 0. The Kier molecular flexibility index (Phi) is 11.8. The Labute approximate surface area is 257 Å². The van der Waals surface area contributed by atoms with Crippen LogP contribution in [0.4, 0.5) is 0 Å². The van der Waals surface area contributed by atoms with E-state index in [-0.39, 0.29) is 0 Å². The summed E-state index contributed by atoms with van der Waals surface area (Å²) < 4.78 is 11.6. The first kappa shape index (κ1) is 31.0. The normalized spacial score (nSPS) is 12.1. The number of nitrogens with one attached hydrogen (secondary N) is 3. The summed E-state index contributed by atoms with van der Waals surface area (Å²) in [6.45, 7) is 1.80. The van der Waals surface area contributed by atoms with E-state index in [0.717, 1.165) is 34.6 Å². The first-order chi connectivity index (χ1) is 20.6. The minimum absolute atomic E-state index is 0.310. The van der Waals surface area contributed by atoms with Crippen molar-refractivity contribution in [2.45, 2.75) is 11.8 Å². The molecule has 0 saturated heterocycles. The van der Waals surface area contributed by atoms with Crippen LogP contribution in [0.5, 0.6) is 11.5 Å². The molecule has 0 amide bonds. The van der Waals surface area contributed by atoms with Crippen LogP contribution in [0.25, 0.3) is 11.1 Å². The highest BCUT2D eigenvalue weighted by molar-refractivity contribution is 9.10. The molecular formula is C35H39BrN4O2. The third kappa shape index (κ3) is 8.32. The van der Waals surface area contributed by atoms with Crippen LogP contribution in [0.15, 0.2) is 114 Å². The molecule has 2 atom stereocenters. The summed E-state index contributed by atoms with van der Waals surface area (Å²) in [6, 6.07) is 33.7. The fraction of sp³-hybridized carbons (Fsp3) is 0.229. The van der Waals surface area contributed by atoms with Gasteiger partial charge in [0.2, 0.25) is 0 Å². The van der Waals surface area contributed by atoms with Crippen LogP contribution in [0.2, 0.25) is 0 Å². The van der Waals surface area contributed by atoms with E-state index in [2.05, 4.69) is 110 Å². The van der Waals surface area contributed by atoms with Crippen LogP contribution in [0.1, 0.15) is 34.1 Å². The van der Waals surface area contributed by atoms with Gasteiger partial charge < -0.3 is 20.1 Å². The Hall–Kier alpha value is -3.91. The molecule has 0 saturated carbocycles. The molecule has 6 nitrogen and oxygen atoms in total. The maximum atomic E-state index is 5.25. The lowest BCUT2D eigenvalue weighted by molar-refractivity contribution is 0.414. The Morgan fingerprint density at radius 1 is 0.619 bits per heavy atom. The molecule has 5 aromatic rings. The number of halogens is 1. The van der Waals surface area contributed by atoms with Crippen molar-refractivity contribution >= 4 is 15.9 Å². The first-order valence-electron chi connectivity index (χ1n) is 14.0. The molecule has 0 bridgehead atoms. The third-order valence-corrected chi connectivity index (χ3v) is 7.80. The number of rotatable bonds is 11. The molecule has 218 valence electrons. The number of hydrogen-bond acceptors (Lipinski definition) is 5. The van der Waals surface area contributed by atoms with Crippen molar-refractivity contribution in [3.63, 3.8) is 0 Å². The highest BCUT2D eigenvalue weighted by Crippen LogP contribution is 2.29. The van der Waals surface area contributed by atoms with E-state index < -0.39 is 0 Å². The van der Waals surface area contributed by atoms with E-state index >= 15 is 0 Å². The lowest BCUT2D eigenvalue weighted by Crippen LogP contribution is -2.18. The van der Waals surface area contributed by atoms with E-state index in [0.29, 0.717) is 11.8 Å². The molecule has 7 heteroatoms. The predicted octanol–water partition coefficient (Wildman–Crippen LogP) is 7.25. The highest BCUT2D eigenvalue weighted by Gasteiger charge is 2.15. The minimum atomic E-state index is 0.310. The van der Waals surface area contributed by atoms with Crippen LogP contribution in [-0.4, -0.2) is 51.6 Å². The lowest BCUT2D eigenvalue weighted by atomic mass is 9.90. The zero-order valence-electron chi connectivity index (χ0n) is 24.6. The molecule has 0 aliphatic carbocycles. The Bertz CT molecular complexity index is 1450. The van der Waals surface area contributed by atoms with Crippen molar-refractivity contribution in [1.29, 1.82) is 0 Å². The van der Waals surface area contributed by atoms with Gasteiger partial charge in [-0.2, -0.15) is 5.10 Å². The number of nitrogens with zero attached hydrogens (tertiary/aromatic N) is 1. The topological polar surface area (TPSA) is 71.2 Å². The first-order valence-corrected chi connectivity index (χ1v) is 14.8. The number of aromatic nitrogens is 2. The monoisotopic (exact) mass is 626 g/mol. The summed E-state index contributed by atoms with van der Waals surface area (Å²) in [7, 11) is 7.34. The van der Waals surface area contributed by atoms with Gasteiger partial charge in [-0.3, -0.25) is 5.10 Å². The van der Waals surface area contributed by atoms with Crippen LogP contribution in [0.3, 0.4) is 0 Å². The zero-order valence-corrected chi connectivity index (χ0v) is 26.2. The number of methoxy groups -OCH3 is 2. The molecule has 0 fully saturated rings. The Morgan fingerprint density at radius 3 is 1.38 bits per heavy atom. The molecule has 1 heterocycles. The standard InChI is InChI=1S/C19H21N3O.C16H18BrNO/c1-20-13-19(16-7-9-18(23-2)10-8-16)15-5-3-14(4-6-15)17-11-21-22-12-17;1-18-11-16(12-3-7-14(17)8-4-12)13-5-9-15(19-2)10-6-13/h3-12,19-20H,13H2,1-2H3,(H,21,22);3-10,16,18H,11H2,1-2H3. The van der Waals surface area contributed by atoms with E-state index in [1.165, 1.54) is 27.8 Å². The van der Waals surface area contributed by atoms with Gasteiger partial charge in [0.05, 0.1) is 20.4 Å². The fourth-order valence-electron chi connectivity index (χ4n) is 4.95. The number of likely N-dealkylation sites (N-methyl/N-ethyl adjacent to an activating group) is 2. The number of aromatic amines is 1. The molecule has 0 radical (unpaired) electrons. The van der Waals surface area contributed by atoms with Crippen molar-refractivity contribution in [2.24, 2.45) is 0 Å². The molecule has 1 aromatic heterocycles. The average molecular weight is 628 g/mol. The van der Waals surface area contributed by atoms with Crippen LogP contribution in [0, 0.1) is 0 Å². The molecular weight excluding hydrogens is 588 g/mol. The van der Waals surface area contributed by atoms with E-state index in [1.807, 2.05) is 50.8 Å². The molecule has 4 aromatic carbocycles. The van der Waals surface area contributed by atoms with Gasteiger partial charge in [0.25, 0.3) is 0 Å². The van der Waals surface area contributed by atoms with E-state index in [1.54, 1.807) is 14.2 Å². The predicted molar refractivity (Wildman–Crippen MR) is 176 cm³/mol. The van der Waals surface area contributed by atoms with Gasteiger partial charge in [0.1, 0.15) is 11.5 Å². The molecule has 42 heavy (non-hydrogen) atoms. The summed E-state index contributed by atoms with van der Waals surface area (Å²) in [5, 5.41) is 13.4. The van der Waals surface area contributed by atoms with Crippen molar-refractivity contribution in [2.75, 3.05) is 41.4 Å². The summed E-state index contributed by atoms with van der Waals surface area (Å²) in [5.74, 6) is 2.43. The second-order valence-corrected chi connectivity index (χ2v) is 10.8. The molecule has 0 spiro atoms. The van der Waals surface area contributed by atoms with E-state index in [9.17, 15) is 0 Å². The third-order valence-electron chi connectivity index (χ3n) is 7.27. The molecule has 2 unspecified atom stereocenters. The molecule has 0 aliphatic heterocycles. The Balaban J connectivity index is 0.000000197. The van der Waals surface area contributed by atoms with Gasteiger partial charge >= 0.3 is 0 Å². The summed E-state index contributed by atoms with van der Waals surface area (Å²) in [6.07, 6.45) is 3.74. The van der Waals surface area contributed by atoms with Crippen molar-refractivity contribution < 1.29 is 9.47 Å². The average Bonchev–Trinajstić information content (AvgIpc) is 3.59. The van der Waals surface area contributed by atoms with Crippen molar-refractivity contribution in [3.05, 3.63) is 136 Å². The minimum Gasteiger partial charge on any atom is -0.497 e. The number of hydrogen-bond donors (Lipinski definition) is 3. The second-order valence-electron chi connectivity index (χ2n) is 9.93. The maximum absolute atomic E-state index is 5.25. The number of ether oxygens (including phenoxy) is 2. The number of benzene rings is 4. The molecule has 5 rings (SSSR count). The smallest absolute Gasteiger partial charge is 0.118 e. The van der Waals surface area contributed by atoms with Gasteiger partial charge in [0.15, 0.2) is 0 Å². The largest absolute Gasteiger partial charge is 0.497 e. The van der Waals surface area contributed by atoms with Crippen LogP contribution < -0.4 is 20.1 Å². The van der Waals surface area contributed by atoms with Gasteiger partial charge in [-0.25, -0.2) is 0 Å². The summed E-state index contributed by atoms with van der Waals surface area (Å²) in [5.41, 5.74) is 7.43. The second kappa shape index (κ2) is 15.9.